The van der Waals surface area contributed by atoms with Crippen LogP contribution < -0.4 is 15.0 Å². The number of hydrogen-bond donors (Lipinski definition) is 3. The number of piperazine rings is 1. The number of carbonyl (C=O) groups is 1. The second-order valence-corrected chi connectivity index (χ2v) is 12.4. The SMILES string of the molecule is CO[C@H]1c2cc(N3CCNCC3=O)ccc2O[C@@H](C(CCO)[Si](C)(C)O)[C@@H]1C. The van der Waals surface area contributed by atoms with Crippen LogP contribution in [0.5, 0.6) is 5.75 Å². The second kappa shape index (κ2) is 8.50. The Morgan fingerprint density at radius 3 is 2.79 bits per heavy atom. The Morgan fingerprint density at radius 1 is 1.43 bits per heavy atom. The lowest BCUT2D eigenvalue weighted by Crippen LogP contribution is -2.49. The minimum Gasteiger partial charge on any atom is -0.490 e. The van der Waals surface area contributed by atoms with Gasteiger partial charge >= 0.3 is 0 Å². The normalized spacial score (nSPS) is 26.6. The number of fused-ring (bicyclic) bond motifs is 1. The van der Waals surface area contributed by atoms with E-state index >= 15 is 0 Å². The highest BCUT2D eigenvalue weighted by atomic mass is 28.4. The third-order valence-corrected chi connectivity index (χ3v) is 8.39. The van der Waals surface area contributed by atoms with Gasteiger partial charge in [0.1, 0.15) is 11.9 Å². The number of benzene rings is 1. The van der Waals surface area contributed by atoms with Crippen molar-refractivity contribution in [3.05, 3.63) is 23.8 Å². The molecule has 2 heterocycles. The summed E-state index contributed by atoms with van der Waals surface area (Å²) < 4.78 is 12.2. The van der Waals surface area contributed by atoms with E-state index in [1.54, 1.807) is 12.0 Å². The van der Waals surface area contributed by atoms with Crippen molar-refractivity contribution in [3.63, 3.8) is 0 Å². The van der Waals surface area contributed by atoms with Gasteiger partial charge in [0.2, 0.25) is 5.91 Å². The van der Waals surface area contributed by atoms with Crippen LogP contribution >= 0.6 is 0 Å². The molecule has 1 aromatic rings. The number of methoxy groups -OCH3 is 1. The first-order chi connectivity index (χ1) is 13.3. The van der Waals surface area contributed by atoms with Crippen LogP contribution in [0.2, 0.25) is 18.6 Å². The number of aliphatic hydroxyl groups excluding tert-OH is 1. The fourth-order valence-corrected chi connectivity index (χ4v) is 6.48. The molecule has 3 rings (SSSR count). The quantitative estimate of drug-likeness (QED) is 0.620. The molecule has 8 heteroatoms. The second-order valence-electron chi connectivity index (χ2n) is 8.31. The molecule has 1 aromatic carbocycles. The Bertz CT molecular complexity index is 708. The van der Waals surface area contributed by atoms with Crippen molar-refractivity contribution in [2.75, 3.05) is 38.3 Å². The van der Waals surface area contributed by atoms with Crippen molar-refractivity contribution >= 4 is 19.9 Å². The highest BCUT2D eigenvalue weighted by Crippen LogP contribution is 2.47. The van der Waals surface area contributed by atoms with Gasteiger partial charge in [-0.15, -0.1) is 0 Å². The molecule has 1 saturated heterocycles. The van der Waals surface area contributed by atoms with Crippen molar-refractivity contribution in [2.45, 2.75) is 44.2 Å². The van der Waals surface area contributed by atoms with E-state index in [9.17, 15) is 14.7 Å². The first-order valence-electron chi connectivity index (χ1n) is 9.95. The first-order valence-corrected chi connectivity index (χ1v) is 13.0. The van der Waals surface area contributed by atoms with Crippen molar-refractivity contribution in [1.82, 2.24) is 5.32 Å². The van der Waals surface area contributed by atoms with Crippen LogP contribution in [0.1, 0.15) is 25.0 Å². The summed E-state index contributed by atoms with van der Waals surface area (Å²) in [6.45, 7) is 7.61. The summed E-state index contributed by atoms with van der Waals surface area (Å²) in [4.78, 5) is 24.8. The summed E-state index contributed by atoms with van der Waals surface area (Å²) in [6, 6.07) is 5.79. The van der Waals surface area contributed by atoms with Gasteiger partial charge in [-0.2, -0.15) is 0 Å². The third-order valence-electron chi connectivity index (χ3n) is 5.96. The summed E-state index contributed by atoms with van der Waals surface area (Å²) in [5.74, 6) is 0.781. The fraction of sp³-hybridized carbons (Fsp3) is 0.650. The molecule has 2 aliphatic heterocycles. The molecule has 0 aliphatic carbocycles. The molecule has 0 aromatic heterocycles. The molecule has 0 saturated carbocycles. The standard InChI is InChI=1S/C20H32N2O5Si/c1-13-19(26-2)15-11-14(22-9-8-21-12-18(22)24)5-6-16(15)27-20(13)17(7-10-23)28(3,4)25/h5-6,11,13,17,19-21,23,25H,7-10,12H2,1-4H3/t13-,17?,19-,20-/m1/s1. The summed E-state index contributed by atoms with van der Waals surface area (Å²) in [6.07, 6.45) is 0.0660. The minimum absolute atomic E-state index is 0.00180. The molecule has 3 N–H and O–H groups in total. The van der Waals surface area contributed by atoms with Crippen LogP contribution in [0.4, 0.5) is 5.69 Å². The first kappa shape index (κ1) is 21.3. The zero-order valence-electron chi connectivity index (χ0n) is 17.1. The van der Waals surface area contributed by atoms with E-state index in [0.29, 0.717) is 19.5 Å². The maximum absolute atomic E-state index is 12.3. The van der Waals surface area contributed by atoms with Crippen molar-refractivity contribution < 1.29 is 24.2 Å². The molecule has 1 unspecified atom stereocenters. The molecule has 7 nitrogen and oxygen atoms in total. The van der Waals surface area contributed by atoms with Crippen molar-refractivity contribution in [1.29, 1.82) is 0 Å². The van der Waals surface area contributed by atoms with Gasteiger partial charge < -0.3 is 29.6 Å². The Labute approximate surface area is 167 Å². The number of aliphatic hydroxyl groups is 1. The molecular weight excluding hydrogens is 376 g/mol. The topological polar surface area (TPSA) is 91.3 Å². The molecule has 0 bridgehead atoms. The molecular formula is C20H32N2O5Si. The fourth-order valence-electron chi connectivity index (χ4n) is 4.47. The zero-order valence-corrected chi connectivity index (χ0v) is 18.1. The Kier molecular flexibility index (Phi) is 6.46. The van der Waals surface area contributed by atoms with E-state index in [1.807, 2.05) is 31.3 Å². The molecule has 156 valence electrons. The van der Waals surface area contributed by atoms with Crippen LogP contribution in [0.15, 0.2) is 18.2 Å². The Morgan fingerprint density at radius 2 is 2.18 bits per heavy atom. The number of nitrogens with zero attached hydrogens (tertiary/aromatic N) is 1. The molecule has 2 aliphatic rings. The maximum Gasteiger partial charge on any atom is 0.240 e. The van der Waals surface area contributed by atoms with Gasteiger partial charge in [0, 0.05) is 49.5 Å². The average Bonchev–Trinajstić information content (AvgIpc) is 2.65. The lowest BCUT2D eigenvalue weighted by molar-refractivity contribution is -0.118. The van der Waals surface area contributed by atoms with Gasteiger partial charge in [-0.25, -0.2) is 0 Å². The smallest absolute Gasteiger partial charge is 0.240 e. The largest absolute Gasteiger partial charge is 0.490 e. The summed E-state index contributed by atoms with van der Waals surface area (Å²) >= 11 is 0. The van der Waals surface area contributed by atoms with Gasteiger partial charge in [-0.3, -0.25) is 4.79 Å². The molecule has 0 spiro atoms. The number of rotatable bonds is 6. The maximum atomic E-state index is 12.3. The number of amides is 1. The number of hydrogen-bond acceptors (Lipinski definition) is 6. The van der Waals surface area contributed by atoms with E-state index < -0.39 is 8.32 Å². The molecule has 4 atom stereocenters. The predicted molar refractivity (Wildman–Crippen MR) is 110 cm³/mol. The number of anilines is 1. The molecule has 1 fully saturated rings. The Balaban J connectivity index is 1.95. The van der Waals surface area contributed by atoms with E-state index in [0.717, 1.165) is 23.5 Å². The van der Waals surface area contributed by atoms with Crippen LogP contribution in [0.25, 0.3) is 0 Å². The lowest BCUT2D eigenvalue weighted by Gasteiger charge is -2.44. The zero-order chi connectivity index (χ0) is 20.5. The number of ether oxygens (including phenoxy) is 2. The van der Waals surface area contributed by atoms with E-state index in [-0.39, 0.29) is 36.2 Å². The minimum atomic E-state index is -2.55. The van der Waals surface area contributed by atoms with E-state index in [1.165, 1.54) is 0 Å². The number of nitrogens with one attached hydrogen (secondary N) is 1. The third kappa shape index (κ3) is 4.11. The summed E-state index contributed by atoms with van der Waals surface area (Å²) in [5.41, 5.74) is 1.67. The van der Waals surface area contributed by atoms with Crippen molar-refractivity contribution in [2.24, 2.45) is 5.92 Å². The van der Waals surface area contributed by atoms with Crippen molar-refractivity contribution in [3.8, 4) is 5.75 Å². The van der Waals surface area contributed by atoms with Gasteiger partial charge in [0.25, 0.3) is 0 Å². The van der Waals surface area contributed by atoms with Gasteiger partial charge in [0.05, 0.1) is 12.6 Å². The lowest BCUT2D eigenvalue weighted by atomic mass is 9.86. The van der Waals surface area contributed by atoms with Crippen LogP contribution in [0, 0.1) is 5.92 Å². The highest BCUT2D eigenvalue weighted by Gasteiger charge is 2.46. The molecule has 1 amide bonds. The van der Waals surface area contributed by atoms with Gasteiger partial charge in [-0.05, 0) is 37.7 Å². The van der Waals surface area contributed by atoms with Crippen LogP contribution in [-0.2, 0) is 9.53 Å². The number of carbonyl (C=O) groups excluding carboxylic acids is 1. The highest BCUT2D eigenvalue weighted by molar-refractivity contribution is 6.71. The van der Waals surface area contributed by atoms with Crippen LogP contribution in [-0.4, -0.2) is 63.6 Å². The van der Waals surface area contributed by atoms with E-state index in [4.69, 9.17) is 9.47 Å². The molecule has 0 radical (unpaired) electrons. The van der Waals surface area contributed by atoms with Gasteiger partial charge in [0.15, 0.2) is 8.32 Å². The summed E-state index contributed by atoms with van der Waals surface area (Å²) in [5, 5.41) is 12.6. The van der Waals surface area contributed by atoms with Gasteiger partial charge in [-0.1, -0.05) is 6.92 Å². The Hall–Kier alpha value is -1.45. The molecule has 28 heavy (non-hydrogen) atoms. The summed E-state index contributed by atoms with van der Waals surface area (Å²) in [7, 11) is -0.869. The monoisotopic (exact) mass is 408 g/mol. The van der Waals surface area contributed by atoms with Crippen LogP contribution in [0.3, 0.4) is 0 Å². The predicted octanol–water partition coefficient (Wildman–Crippen LogP) is 1.66. The average molecular weight is 409 g/mol. The van der Waals surface area contributed by atoms with E-state index in [2.05, 4.69) is 12.2 Å².